The molecule has 0 spiro atoms. The van der Waals surface area contributed by atoms with Gasteiger partial charge in [0.1, 0.15) is 0 Å². The highest BCUT2D eigenvalue weighted by Crippen LogP contribution is 2.33. The number of fused-ring (bicyclic) bond motifs is 2. The van der Waals surface area contributed by atoms with Crippen molar-refractivity contribution in [1.82, 2.24) is 25.1 Å². The van der Waals surface area contributed by atoms with Gasteiger partial charge in [-0.05, 0) is 23.8 Å². The molecule has 0 saturated carbocycles. The van der Waals surface area contributed by atoms with Gasteiger partial charge in [0.2, 0.25) is 5.95 Å². The Hall–Kier alpha value is -1.61. The highest BCUT2D eigenvalue weighted by molar-refractivity contribution is 8.00. The summed E-state index contributed by atoms with van der Waals surface area (Å²) in [6, 6.07) is 0.274. The largest absolute Gasteiger partial charge is 0.380 e. The van der Waals surface area contributed by atoms with E-state index in [9.17, 15) is 4.79 Å². The lowest BCUT2D eigenvalue weighted by molar-refractivity contribution is -0.131. The van der Waals surface area contributed by atoms with Crippen LogP contribution < -0.4 is 4.90 Å². The Balaban J connectivity index is 1.62. The van der Waals surface area contributed by atoms with Crippen LogP contribution in [0.2, 0.25) is 0 Å². The molecule has 9 heteroatoms. The van der Waals surface area contributed by atoms with Crippen LogP contribution in [-0.2, 0) is 16.1 Å². The number of amides is 1. The number of carbonyl (C=O) groups excluding carboxylic acids is 1. The number of hydrogen-bond donors (Lipinski definition) is 0. The average Bonchev–Trinajstić information content (AvgIpc) is 3.05. The van der Waals surface area contributed by atoms with Crippen LogP contribution in [-0.4, -0.2) is 74.9 Å². The van der Waals surface area contributed by atoms with E-state index in [0.717, 1.165) is 43.2 Å². The van der Waals surface area contributed by atoms with Crippen LogP contribution in [0.25, 0.3) is 0 Å². The molecular formula is C14H20N6O2S. The molecule has 124 valence electrons. The summed E-state index contributed by atoms with van der Waals surface area (Å²) in [4.78, 5) is 17.1. The Morgan fingerprint density at radius 3 is 3.17 bits per heavy atom. The predicted octanol–water partition coefficient (Wildman–Crippen LogP) is 0.130. The molecule has 2 saturated heterocycles. The van der Waals surface area contributed by atoms with Crippen molar-refractivity contribution in [3.05, 3.63) is 11.3 Å². The molecule has 1 amide bonds. The molecular weight excluding hydrogens is 316 g/mol. The van der Waals surface area contributed by atoms with Crippen molar-refractivity contribution in [3.8, 4) is 0 Å². The van der Waals surface area contributed by atoms with Crippen LogP contribution in [0.3, 0.4) is 0 Å². The van der Waals surface area contributed by atoms with E-state index in [0.29, 0.717) is 17.7 Å². The topological polar surface area (TPSA) is 76.4 Å². The summed E-state index contributed by atoms with van der Waals surface area (Å²) in [5, 5.41) is 12.1. The fraction of sp³-hybridized carbons (Fsp3) is 0.714. The van der Waals surface area contributed by atoms with Crippen LogP contribution in [0.4, 0.5) is 5.95 Å². The number of hydrogen-bond acceptors (Lipinski definition) is 7. The minimum Gasteiger partial charge on any atom is -0.380 e. The maximum Gasteiger partial charge on any atom is 0.253 e. The van der Waals surface area contributed by atoms with Gasteiger partial charge >= 0.3 is 0 Å². The lowest BCUT2D eigenvalue weighted by atomic mass is 10.0. The van der Waals surface area contributed by atoms with Gasteiger partial charge < -0.3 is 14.5 Å². The third-order valence-electron chi connectivity index (χ3n) is 4.91. The third kappa shape index (κ3) is 2.42. The fourth-order valence-electron chi connectivity index (χ4n) is 3.49. The van der Waals surface area contributed by atoms with E-state index >= 15 is 0 Å². The highest BCUT2D eigenvalue weighted by Gasteiger charge is 2.39. The summed E-state index contributed by atoms with van der Waals surface area (Å²) in [6.45, 7) is 4.68. The number of rotatable bonds is 1. The van der Waals surface area contributed by atoms with E-state index in [1.54, 1.807) is 4.68 Å². The third-order valence-corrected chi connectivity index (χ3v) is 6.21. The summed E-state index contributed by atoms with van der Waals surface area (Å²) in [5.41, 5.74) is 1.71. The van der Waals surface area contributed by atoms with Crippen LogP contribution in [0, 0.1) is 0 Å². The van der Waals surface area contributed by atoms with E-state index in [4.69, 9.17) is 4.74 Å². The number of allylic oxidation sites excluding steroid dienone is 1. The van der Waals surface area contributed by atoms with Crippen LogP contribution in [0.1, 0.15) is 13.3 Å². The number of nitrogens with zero attached hydrogens (tertiary/aromatic N) is 6. The molecule has 0 radical (unpaired) electrons. The standard InChI is InChI=1S/C14H20N6O2S/c1-9-10(7-20-14(18(9)2)15-16-17-20)13(21)19-4-6-23-12-8-22-5-3-11(12)19/h11-12H,3-8H2,1-2H3/t11-,12+/m0/s1. The molecule has 2 atom stereocenters. The second-order valence-corrected chi connectivity index (χ2v) is 7.45. The Morgan fingerprint density at radius 2 is 2.30 bits per heavy atom. The molecule has 0 unspecified atom stereocenters. The first-order chi connectivity index (χ1) is 11.2. The smallest absolute Gasteiger partial charge is 0.253 e. The summed E-state index contributed by atoms with van der Waals surface area (Å²) in [7, 11) is 1.90. The van der Waals surface area contributed by atoms with Gasteiger partial charge in [0, 0.05) is 42.9 Å². The first kappa shape index (κ1) is 14.9. The summed E-state index contributed by atoms with van der Waals surface area (Å²) < 4.78 is 7.26. The molecule has 1 aromatic heterocycles. The quantitative estimate of drug-likeness (QED) is 0.721. The van der Waals surface area contributed by atoms with Gasteiger partial charge in [-0.2, -0.15) is 11.8 Å². The van der Waals surface area contributed by atoms with Gasteiger partial charge in [-0.1, -0.05) is 5.10 Å². The van der Waals surface area contributed by atoms with Crippen LogP contribution in [0.15, 0.2) is 11.3 Å². The summed E-state index contributed by atoms with van der Waals surface area (Å²) in [5.74, 6) is 1.76. The number of ether oxygens (including phenoxy) is 1. The van der Waals surface area contributed by atoms with Crippen molar-refractivity contribution in [2.24, 2.45) is 0 Å². The molecule has 3 aliphatic heterocycles. The number of carbonyl (C=O) groups is 1. The van der Waals surface area contributed by atoms with Gasteiger partial charge in [-0.25, -0.2) is 4.68 Å². The molecule has 0 N–H and O–H groups in total. The Kier molecular flexibility index (Phi) is 3.76. The zero-order valence-electron chi connectivity index (χ0n) is 13.3. The number of anilines is 1. The summed E-state index contributed by atoms with van der Waals surface area (Å²) >= 11 is 1.92. The Labute approximate surface area is 138 Å². The number of tetrazole rings is 1. The van der Waals surface area contributed by atoms with E-state index in [2.05, 4.69) is 15.5 Å². The van der Waals surface area contributed by atoms with Crippen molar-refractivity contribution in [3.63, 3.8) is 0 Å². The monoisotopic (exact) mass is 336 g/mol. The van der Waals surface area contributed by atoms with E-state index in [1.165, 1.54) is 0 Å². The van der Waals surface area contributed by atoms with E-state index < -0.39 is 0 Å². The van der Waals surface area contributed by atoms with Gasteiger partial charge in [0.15, 0.2) is 0 Å². The Bertz CT molecular complexity index is 657. The fourth-order valence-corrected chi connectivity index (χ4v) is 4.79. The molecule has 1 aromatic rings. The van der Waals surface area contributed by atoms with Gasteiger partial charge in [0.05, 0.1) is 18.7 Å². The molecule has 4 rings (SSSR count). The van der Waals surface area contributed by atoms with E-state index in [1.807, 2.05) is 35.5 Å². The zero-order valence-corrected chi connectivity index (χ0v) is 14.1. The lowest BCUT2D eigenvalue weighted by Gasteiger charge is -2.44. The van der Waals surface area contributed by atoms with Gasteiger partial charge in [0.25, 0.3) is 5.91 Å². The van der Waals surface area contributed by atoms with Crippen LogP contribution in [0.5, 0.6) is 0 Å². The normalized spacial score (nSPS) is 27.7. The molecule has 8 nitrogen and oxygen atoms in total. The average molecular weight is 336 g/mol. The zero-order chi connectivity index (χ0) is 16.0. The van der Waals surface area contributed by atoms with Crippen molar-refractivity contribution >= 4 is 23.6 Å². The van der Waals surface area contributed by atoms with Crippen LogP contribution >= 0.6 is 11.8 Å². The first-order valence-electron chi connectivity index (χ1n) is 7.87. The molecule has 0 aliphatic carbocycles. The maximum absolute atomic E-state index is 13.2. The van der Waals surface area contributed by atoms with Crippen molar-refractivity contribution in [2.75, 3.05) is 37.5 Å². The highest BCUT2D eigenvalue weighted by atomic mass is 32.2. The lowest BCUT2D eigenvalue weighted by Crippen LogP contribution is -2.55. The molecule has 4 heterocycles. The van der Waals surface area contributed by atoms with Crippen molar-refractivity contribution in [2.45, 2.75) is 31.2 Å². The maximum atomic E-state index is 13.2. The minimum atomic E-state index is 0.118. The van der Waals surface area contributed by atoms with E-state index in [-0.39, 0.29) is 11.9 Å². The molecule has 0 bridgehead atoms. The molecule has 23 heavy (non-hydrogen) atoms. The molecule has 3 aliphatic rings. The second-order valence-electron chi connectivity index (χ2n) is 6.10. The molecule has 0 aromatic carbocycles. The van der Waals surface area contributed by atoms with Crippen molar-refractivity contribution in [1.29, 1.82) is 0 Å². The molecule has 2 fully saturated rings. The van der Waals surface area contributed by atoms with Gasteiger partial charge in [-0.3, -0.25) is 4.79 Å². The summed E-state index contributed by atoms with van der Waals surface area (Å²) in [6.07, 6.45) is 0.918. The predicted molar refractivity (Wildman–Crippen MR) is 86.1 cm³/mol. The van der Waals surface area contributed by atoms with Gasteiger partial charge in [-0.15, -0.1) is 0 Å². The van der Waals surface area contributed by atoms with Crippen molar-refractivity contribution < 1.29 is 9.53 Å². The first-order valence-corrected chi connectivity index (χ1v) is 8.91. The number of aromatic nitrogens is 4. The minimum absolute atomic E-state index is 0.118. The number of thioether (sulfide) groups is 1. The second kappa shape index (κ2) is 5.79. The SMILES string of the molecule is CC1=C(C(=O)N2CCS[C@@H]3COCC[C@@H]32)Cn2nnnc2N1C. The Morgan fingerprint density at radius 1 is 1.43 bits per heavy atom.